The molecule has 49 heavy (non-hydrogen) atoms. The molecule has 0 saturated carbocycles. The van der Waals surface area contributed by atoms with E-state index in [9.17, 15) is 29.1 Å². The Kier molecular flexibility index (Phi) is 28.5. The largest absolute Gasteiger partial charge is 0.480 e. The van der Waals surface area contributed by atoms with E-state index in [-0.39, 0.29) is 24.2 Å². The molecule has 0 radical (unpaired) electrons. The average Bonchev–Trinajstić information content (AvgIpc) is 3.06. The van der Waals surface area contributed by atoms with Crippen LogP contribution in [0.5, 0.6) is 0 Å². The Morgan fingerprint density at radius 1 is 0.612 bits per heavy atom. The van der Waals surface area contributed by atoms with Crippen LogP contribution in [0, 0.1) is 11.8 Å². The molecule has 7 N–H and O–H groups in total. The number of carbonyl (C=O) groups excluding carboxylic acids is 4. The van der Waals surface area contributed by atoms with Gasteiger partial charge in [-0.2, -0.15) is 0 Å². The number of aliphatic carboxylic acids is 1. The Bertz CT molecular complexity index is 915. The molecule has 4 atom stereocenters. The Hall–Kier alpha value is -2.69. The van der Waals surface area contributed by atoms with Crippen molar-refractivity contribution in [1.82, 2.24) is 21.3 Å². The summed E-state index contributed by atoms with van der Waals surface area (Å²) < 4.78 is 0. The lowest BCUT2D eigenvalue weighted by molar-refractivity contribution is -0.142. The highest BCUT2D eigenvalue weighted by atomic mass is 16.4. The van der Waals surface area contributed by atoms with Crippen molar-refractivity contribution in [3.05, 3.63) is 0 Å². The second-order valence-electron chi connectivity index (χ2n) is 14.3. The minimum Gasteiger partial charge on any atom is -0.480 e. The Balaban J connectivity index is 4.67. The van der Waals surface area contributed by atoms with E-state index in [0.717, 1.165) is 19.3 Å². The zero-order chi connectivity index (χ0) is 36.9. The molecule has 0 aromatic heterocycles. The van der Waals surface area contributed by atoms with Gasteiger partial charge in [-0.15, -0.1) is 0 Å². The number of unbranched alkanes of at least 4 members (excludes halogenated alkanes) is 15. The average molecular weight is 696 g/mol. The molecule has 286 valence electrons. The lowest BCUT2D eigenvalue weighted by Gasteiger charge is -2.27. The SMILES string of the molecule is CCCCCCCCCCCCCCCCCC(=O)N[C@@H](CC(C)C)C(=O)N[C@H](C(=O)NCC(=O)N[C@@H](CCCCN)C(=O)O)[C@@H](C)CC. The smallest absolute Gasteiger partial charge is 0.326 e. The van der Waals surface area contributed by atoms with Crippen LogP contribution in [0.15, 0.2) is 0 Å². The third-order valence-corrected chi connectivity index (χ3v) is 9.16. The first-order valence-electron chi connectivity index (χ1n) is 19.6. The van der Waals surface area contributed by atoms with Gasteiger partial charge < -0.3 is 32.1 Å². The maximum Gasteiger partial charge on any atom is 0.326 e. The molecule has 0 fully saturated rings. The van der Waals surface area contributed by atoms with Crippen LogP contribution in [-0.2, 0) is 24.0 Å². The van der Waals surface area contributed by atoms with Crippen molar-refractivity contribution in [3.63, 3.8) is 0 Å². The molecule has 0 aromatic carbocycles. The van der Waals surface area contributed by atoms with Crippen LogP contribution in [0.4, 0.5) is 0 Å². The summed E-state index contributed by atoms with van der Waals surface area (Å²) in [5, 5.41) is 20.1. The lowest BCUT2D eigenvalue weighted by Crippen LogP contribution is -2.57. The molecule has 4 amide bonds. The first-order chi connectivity index (χ1) is 23.5. The second-order valence-corrected chi connectivity index (χ2v) is 14.3. The third kappa shape index (κ3) is 25.0. The highest BCUT2D eigenvalue weighted by molar-refractivity contribution is 5.94. The topological polar surface area (TPSA) is 180 Å². The van der Waals surface area contributed by atoms with Crippen LogP contribution in [0.25, 0.3) is 0 Å². The fourth-order valence-corrected chi connectivity index (χ4v) is 5.85. The van der Waals surface area contributed by atoms with E-state index >= 15 is 0 Å². The molecule has 11 heteroatoms. The Morgan fingerprint density at radius 3 is 1.59 bits per heavy atom. The molecule has 0 heterocycles. The van der Waals surface area contributed by atoms with Gasteiger partial charge >= 0.3 is 5.97 Å². The van der Waals surface area contributed by atoms with E-state index in [1.54, 1.807) is 0 Å². The summed E-state index contributed by atoms with van der Waals surface area (Å²) in [6.45, 7) is 9.93. The molecule has 0 saturated heterocycles. The molecule has 0 aliphatic carbocycles. The zero-order valence-electron chi connectivity index (χ0n) is 31.7. The molecule has 0 unspecified atom stereocenters. The van der Waals surface area contributed by atoms with E-state index in [1.165, 1.54) is 77.0 Å². The quantitative estimate of drug-likeness (QED) is 0.0459. The van der Waals surface area contributed by atoms with Crippen LogP contribution < -0.4 is 27.0 Å². The highest BCUT2D eigenvalue weighted by Crippen LogP contribution is 2.15. The Labute approximate surface area is 297 Å². The number of nitrogens with two attached hydrogens (primary N) is 1. The van der Waals surface area contributed by atoms with Crippen molar-refractivity contribution in [1.29, 1.82) is 0 Å². The van der Waals surface area contributed by atoms with Gasteiger partial charge in [0.15, 0.2) is 0 Å². The van der Waals surface area contributed by atoms with E-state index in [2.05, 4.69) is 28.2 Å². The zero-order valence-corrected chi connectivity index (χ0v) is 31.7. The number of rotatable bonds is 32. The van der Waals surface area contributed by atoms with Gasteiger partial charge in [0.1, 0.15) is 18.1 Å². The molecule has 11 nitrogen and oxygen atoms in total. The monoisotopic (exact) mass is 696 g/mol. The summed E-state index contributed by atoms with van der Waals surface area (Å²) in [5.74, 6) is -3.05. The van der Waals surface area contributed by atoms with Crippen LogP contribution in [0.1, 0.15) is 169 Å². The van der Waals surface area contributed by atoms with Gasteiger partial charge in [0, 0.05) is 6.42 Å². The fraction of sp³-hybridized carbons (Fsp3) is 0.868. The molecule has 0 aliphatic rings. The predicted octanol–water partition coefficient (Wildman–Crippen LogP) is 6.12. The van der Waals surface area contributed by atoms with Crippen LogP contribution in [-0.4, -0.2) is 65.9 Å². The molecule has 0 bridgehead atoms. The lowest BCUT2D eigenvalue weighted by atomic mass is 9.96. The van der Waals surface area contributed by atoms with Crippen molar-refractivity contribution >= 4 is 29.6 Å². The molecule has 0 spiro atoms. The first kappa shape index (κ1) is 46.3. The van der Waals surface area contributed by atoms with Crippen molar-refractivity contribution in [3.8, 4) is 0 Å². The van der Waals surface area contributed by atoms with Crippen LogP contribution in [0.2, 0.25) is 0 Å². The summed E-state index contributed by atoms with van der Waals surface area (Å²) in [5.41, 5.74) is 5.47. The third-order valence-electron chi connectivity index (χ3n) is 9.16. The number of amides is 4. The molecular weight excluding hydrogens is 622 g/mol. The van der Waals surface area contributed by atoms with Crippen LogP contribution >= 0.6 is 0 Å². The number of carboxylic acid groups (broad SMARTS) is 1. The van der Waals surface area contributed by atoms with Gasteiger partial charge in [0.2, 0.25) is 23.6 Å². The molecule has 0 rings (SSSR count). The number of hydrogen-bond acceptors (Lipinski definition) is 6. The van der Waals surface area contributed by atoms with Crippen molar-refractivity contribution in [2.75, 3.05) is 13.1 Å². The van der Waals surface area contributed by atoms with E-state index in [0.29, 0.717) is 38.6 Å². The Morgan fingerprint density at radius 2 is 1.12 bits per heavy atom. The number of hydrogen-bond donors (Lipinski definition) is 6. The number of nitrogens with one attached hydrogen (secondary N) is 4. The standard InChI is InChI=1S/C38H73N5O6/c1-6-8-9-10-11-12-13-14-15-16-17-18-19-20-21-25-33(44)42-32(27-29(3)4)36(46)43-35(30(5)7-2)37(47)40-28-34(45)41-31(38(48)49)24-22-23-26-39/h29-32,35H,6-28,39H2,1-5H3,(H,40,47)(H,41,45)(H,42,44)(H,43,46)(H,48,49)/t30-,31-,32-,35-/m0/s1. The van der Waals surface area contributed by atoms with E-state index < -0.39 is 48.4 Å². The van der Waals surface area contributed by atoms with Crippen molar-refractivity contribution in [2.24, 2.45) is 17.6 Å². The number of carbonyl (C=O) groups is 5. The molecule has 0 aliphatic heterocycles. The maximum absolute atomic E-state index is 13.4. The minimum absolute atomic E-state index is 0.133. The van der Waals surface area contributed by atoms with Crippen LogP contribution in [0.3, 0.4) is 0 Å². The summed E-state index contributed by atoms with van der Waals surface area (Å²) in [6.07, 6.45) is 21.6. The van der Waals surface area contributed by atoms with Gasteiger partial charge in [0.25, 0.3) is 0 Å². The van der Waals surface area contributed by atoms with Gasteiger partial charge in [-0.05, 0) is 50.5 Å². The van der Waals surface area contributed by atoms with Gasteiger partial charge in [-0.1, -0.05) is 131 Å². The fourth-order valence-electron chi connectivity index (χ4n) is 5.85. The van der Waals surface area contributed by atoms with E-state index in [4.69, 9.17) is 5.73 Å². The first-order valence-corrected chi connectivity index (χ1v) is 19.6. The summed E-state index contributed by atoms with van der Waals surface area (Å²) >= 11 is 0. The summed E-state index contributed by atoms with van der Waals surface area (Å²) in [6, 6.07) is -2.78. The maximum atomic E-state index is 13.4. The second kappa shape index (κ2) is 30.2. The van der Waals surface area contributed by atoms with Crippen molar-refractivity contribution < 1.29 is 29.1 Å². The van der Waals surface area contributed by atoms with E-state index in [1.807, 2.05) is 27.7 Å². The molecule has 0 aromatic rings. The minimum atomic E-state index is -1.15. The van der Waals surface area contributed by atoms with Gasteiger partial charge in [0.05, 0.1) is 6.54 Å². The summed E-state index contributed by atoms with van der Waals surface area (Å²) in [4.78, 5) is 63.3. The van der Waals surface area contributed by atoms with Gasteiger partial charge in [-0.25, -0.2) is 4.79 Å². The summed E-state index contributed by atoms with van der Waals surface area (Å²) in [7, 11) is 0. The highest BCUT2D eigenvalue weighted by Gasteiger charge is 2.30. The predicted molar refractivity (Wildman–Crippen MR) is 198 cm³/mol. The van der Waals surface area contributed by atoms with Crippen molar-refractivity contribution in [2.45, 2.75) is 188 Å². The number of carboxylic acids is 1. The van der Waals surface area contributed by atoms with Gasteiger partial charge in [-0.3, -0.25) is 19.2 Å². The molecular formula is C38H73N5O6. The normalized spacial score (nSPS) is 13.7.